The molecule has 1 aliphatic heterocycles. The minimum atomic E-state index is -0.711. The molecule has 5 nitrogen and oxygen atoms in total. The zero-order valence-electron chi connectivity index (χ0n) is 14.7. The molecule has 0 bridgehead atoms. The number of hydrogen-bond acceptors (Lipinski definition) is 5. The van der Waals surface area contributed by atoms with Gasteiger partial charge in [0.05, 0.1) is 19.3 Å². The van der Waals surface area contributed by atoms with Gasteiger partial charge in [-0.05, 0) is 25.2 Å². The molecule has 5 heteroatoms. The number of rotatable bonds is 6. The molecule has 1 fully saturated rings. The molecule has 0 amide bonds. The summed E-state index contributed by atoms with van der Waals surface area (Å²) in [6, 6.07) is -0.711. The largest absolute Gasteiger partial charge is 0.459 e. The van der Waals surface area contributed by atoms with Crippen LogP contribution in [0.4, 0.5) is 0 Å². The number of hydrogen-bond donors (Lipinski definition) is 1. The Labute approximate surface area is 134 Å². The molecule has 22 heavy (non-hydrogen) atoms. The van der Waals surface area contributed by atoms with Gasteiger partial charge in [-0.25, -0.2) is 0 Å². The van der Waals surface area contributed by atoms with Crippen LogP contribution in [-0.2, 0) is 19.0 Å². The van der Waals surface area contributed by atoms with Crippen molar-refractivity contribution in [1.82, 2.24) is 0 Å². The Balaban J connectivity index is 2.81. The first-order chi connectivity index (χ1) is 10.3. The molecule has 0 saturated carbocycles. The van der Waals surface area contributed by atoms with Crippen LogP contribution in [0.5, 0.6) is 0 Å². The molecule has 4 atom stereocenters. The molecular weight excluding hydrogens is 282 g/mol. The summed E-state index contributed by atoms with van der Waals surface area (Å²) in [5, 5.41) is 0. The Morgan fingerprint density at radius 3 is 2.50 bits per heavy atom. The molecule has 130 valence electrons. The summed E-state index contributed by atoms with van der Waals surface area (Å²) in [4.78, 5) is 11.9. The van der Waals surface area contributed by atoms with Crippen LogP contribution < -0.4 is 5.73 Å². The van der Waals surface area contributed by atoms with Gasteiger partial charge in [-0.2, -0.15) is 0 Å². The summed E-state index contributed by atoms with van der Waals surface area (Å²) in [7, 11) is 0. The van der Waals surface area contributed by atoms with Crippen LogP contribution in [0.1, 0.15) is 47.5 Å². The standard InChI is InChI=1S/C17H33NO4/c1-11(2)6-7-14-9-20-10-15(18)17(19)22-13(5)16(14)21-8-12(3)4/h11-16H,6-10,18H2,1-5H3. The van der Waals surface area contributed by atoms with E-state index in [1.807, 2.05) is 6.92 Å². The lowest BCUT2D eigenvalue weighted by atomic mass is 9.91. The monoisotopic (exact) mass is 315 g/mol. The van der Waals surface area contributed by atoms with Crippen LogP contribution in [-0.4, -0.2) is 44.0 Å². The second-order valence-corrected chi connectivity index (χ2v) is 7.21. The van der Waals surface area contributed by atoms with Crippen molar-refractivity contribution < 1.29 is 19.0 Å². The third kappa shape index (κ3) is 6.63. The van der Waals surface area contributed by atoms with Gasteiger partial charge < -0.3 is 19.9 Å². The second-order valence-electron chi connectivity index (χ2n) is 7.21. The Morgan fingerprint density at radius 2 is 1.91 bits per heavy atom. The highest BCUT2D eigenvalue weighted by molar-refractivity contribution is 5.75. The van der Waals surface area contributed by atoms with E-state index in [1.54, 1.807) is 0 Å². The highest BCUT2D eigenvalue weighted by Gasteiger charge is 2.33. The summed E-state index contributed by atoms with van der Waals surface area (Å²) in [5.41, 5.74) is 5.77. The van der Waals surface area contributed by atoms with Gasteiger partial charge in [0.25, 0.3) is 0 Å². The first-order valence-electron chi connectivity index (χ1n) is 8.46. The summed E-state index contributed by atoms with van der Waals surface area (Å²) in [5.74, 6) is 0.868. The van der Waals surface area contributed by atoms with Crippen LogP contribution in [0.2, 0.25) is 0 Å². The Kier molecular flexibility index (Phi) is 8.36. The van der Waals surface area contributed by atoms with Gasteiger partial charge in [0, 0.05) is 12.5 Å². The molecule has 1 rings (SSSR count). The van der Waals surface area contributed by atoms with Gasteiger partial charge in [0.1, 0.15) is 12.1 Å². The van der Waals surface area contributed by atoms with Gasteiger partial charge in [-0.1, -0.05) is 34.1 Å². The molecule has 2 N–H and O–H groups in total. The van der Waals surface area contributed by atoms with Crippen molar-refractivity contribution in [2.24, 2.45) is 23.5 Å². The lowest BCUT2D eigenvalue weighted by Gasteiger charge is -2.31. The molecule has 1 heterocycles. The minimum absolute atomic E-state index is 0.143. The zero-order valence-corrected chi connectivity index (χ0v) is 14.7. The molecule has 0 spiro atoms. The summed E-state index contributed by atoms with van der Waals surface area (Å²) >= 11 is 0. The third-order valence-electron chi connectivity index (χ3n) is 3.90. The summed E-state index contributed by atoms with van der Waals surface area (Å²) < 4.78 is 17.2. The SMILES string of the molecule is CC(C)CCC1COCC(N)C(=O)OC(C)C1OCC(C)C. The maximum atomic E-state index is 11.9. The zero-order chi connectivity index (χ0) is 16.7. The van der Waals surface area contributed by atoms with Gasteiger partial charge in [-0.3, -0.25) is 4.79 Å². The van der Waals surface area contributed by atoms with Crippen LogP contribution >= 0.6 is 0 Å². The predicted octanol–water partition coefficient (Wildman–Crippen LogP) is 2.37. The smallest absolute Gasteiger partial charge is 0.325 e. The van der Waals surface area contributed by atoms with E-state index in [2.05, 4.69) is 27.7 Å². The van der Waals surface area contributed by atoms with Crippen molar-refractivity contribution in [3.05, 3.63) is 0 Å². The fraction of sp³-hybridized carbons (Fsp3) is 0.941. The number of carbonyl (C=O) groups is 1. The molecule has 4 unspecified atom stereocenters. The topological polar surface area (TPSA) is 70.8 Å². The van der Waals surface area contributed by atoms with E-state index in [4.69, 9.17) is 19.9 Å². The van der Waals surface area contributed by atoms with Crippen molar-refractivity contribution in [1.29, 1.82) is 0 Å². The van der Waals surface area contributed by atoms with Gasteiger partial charge in [0.15, 0.2) is 0 Å². The first kappa shape index (κ1) is 19.4. The van der Waals surface area contributed by atoms with Crippen molar-refractivity contribution in [3.8, 4) is 0 Å². The maximum Gasteiger partial charge on any atom is 0.325 e. The third-order valence-corrected chi connectivity index (χ3v) is 3.90. The highest BCUT2D eigenvalue weighted by atomic mass is 16.6. The van der Waals surface area contributed by atoms with Crippen molar-refractivity contribution in [3.63, 3.8) is 0 Å². The van der Waals surface area contributed by atoms with Crippen molar-refractivity contribution >= 4 is 5.97 Å². The van der Waals surface area contributed by atoms with E-state index in [-0.39, 0.29) is 24.7 Å². The highest BCUT2D eigenvalue weighted by Crippen LogP contribution is 2.24. The molecule has 1 saturated heterocycles. The van der Waals surface area contributed by atoms with Crippen LogP contribution in [0.3, 0.4) is 0 Å². The molecule has 0 aromatic carbocycles. The predicted molar refractivity (Wildman–Crippen MR) is 86.5 cm³/mol. The Hall–Kier alpha value is -0.650. The molecule has 0 aromatic heterocycles. The van der Waals surface area contributed by atoms with Crippen molar-refractivity contribution in [2.75, 3.05) is 19.8 Å². The lowest BCUT2D eigenvalue weighted by Crippen LogP contribution is -2.41. The van der Waals surface area contributed by atoms with Gasteiger partial charge in [0.2, 0.25) is 0 Å². The number of cyclic esters (lactones) is 1. The average Bonchev–Trinajstić information content (AvgIpc) is 2.46. The van der Waals surface area contributed by atoms with Crippen LogP contribution in [0.25, 0.3) is 0 Å². The minimum Gasteiger partial charge on any atom is -0.459 e. The first-order valence-corrected chi connectivity index (χ1v) is 8.46. The maximum absolute atomic E-state index is 11.9. The molecule has 0 radical (unpaired) electrons. The number of nitrogens with two attached hydrogens (primary N) is 1. The van der Waals surface area contributed by atoms with E-state index in [1.165, 1.54) is 0 Å². The van der Waals surface area contributed by atoms with Crippen molar-refractivity contribution in [2.45, 2.75) is 65.7 Å². The van der Waals surface area contributed by atoms with E-state index >= 15 is 0 Å². The molecule has 1 aliphatic rings. The second kappa shape index (κ2) is 9.48. The lowest BCUT2D eigenvalue weighted by molar-refractivity contribution is -0.160. The van der Waals surface area contributed by atoms with E-state index < -0.39 is 12.0 Å². The summed E-state index contributed by atoms with van der Waals surface area (Å²) in [6.07, 6.45) is 1.64. The molecular formula is C17H33NO4. The van der Waals surface area contributed by atoms with Gasteiger partial charge in [-0.15, -0.1) is 0 Å². The molecule has 0 aromatic rings. The molecule has 0 aliphatic carbocycles. The van der Waals surface area contributed by atoms with E-state index in [0.717, 1.165) is 12.8 Å². The fourth-order valence-electron chi connectivity index (χ4n) is 2.60. The van der Waals surface area contributed by atoms with E-state index in [9.17, 15) is 4.79 Å². The van der Waals surface area contributed by atoms with E-state index in [0.29, 0.717) is 25.0 Å². The summed E-state index contributed by atoms with van der Waals surface area (Å²) in [6.45, 7) is 12.0. The number of esters is 1. The number of carbonyl (C=O) groups excluding carboxylic acids is 1. The average molecular weight is 315 g/mol. The quantitative estimate of drug-likeness (QED) is 0.762. The van der Waals surface area contributed by atoms with Gasteiger partial charge >= 0.3 is 5.97 Å². The van der Waals surface area contributed by atoms with Crippen LogP contribution in [0.15, 0.2) is 0 Å². The number of ether oxygens (including phenoxy) is 3. The van der Waals surface area contributed by atoms with Crippen LogP contribution in [0, 0.1) is 17.8 Å². The Morgan fingerprint density at radius 1 is 1.23 bits per heavy atom. The fourth-order valence-corrected chi connectivity index (χ4v) is 2.60. The Bertz CT molecular complexity index is 333. The normalized spacial score (nSPS) is 30.8.